The molecule has 0 aliphatic rings. The van der Waals surface area contributed by atoms with Crippen LogP contribution in [0.25, 0.3) is 0 Å². The number of furan rings is 1. The summed E-state index contributed by atoms with van der Waals surface area (Å²) in [5.74, 6) is 0.722. The Morgan fingerprint density at radius 2 is 2.11 bits per heavy atom. The number of nitro groups is 1. The van der Waals surface area contributed by atoms with Crippen molar-refractivity contribution < 1.29 is 14.4 Å². The van der Waals surface area contributed by atoms with E-state index in [2.05, 4.69) is 30.7 Å². The molecule has 0 unspecified atom stereocenters. The van der Waals surface area contributed by atoms with Crippen LogP contribution in [0.5, 0.6) is 0 Å². The summed E-state index contributed by atoms with van der Waals surface area (Å²) >= 11 is 0. The van der Waals surface area contributed by atoms with E-state index in [1.807, 2.05) is 20.8 Å². The molecule has 12 nitrogen and oxygen atoms in total. The van der Waals surface area contributed by atoms with Crippen LogP contribution in [0.1, 0.15) is 26.5 Å². The Hall–Kier alpha value is -3.28. The monoisotopic (exact) mass is 378 g/mol. The molecular formula is C15H22N8O4. The SMILES string of the molecule is CCNc1nc(NC(C)C)nc(N(CCO)/N=C/c2ccc([N+](=O)[O-])o2)n1. The molecule has 2 aromatic heterocycles. The van der Waals surface area contributed by atoms with E-state index >= 15 is 0 Å². The number of aliphatic hydroxyl groups is 1. The van der Waals surface area contributed by atoms with Crippen molar-refractivity contribution in [3.8, 4) is 0 Å². The zero-order valence-electron chi connectivity index (χ0n) is 15.3. The van der Waals surface area contributed by atoms with Gasteiger partial charge >= 0.3 is 5.88 Å². The van der Waals surface area contributed by atoms with E-state index in [1.165, 1.54) is 23.4 Å². The fourth-order valence-corrected chi connectivity index (χ4v) is 1.98. The zero-order valence-corrected chi connectivity index (χ0v) is 15.3. The molecule has 0 radical (unpaired) electrons. The van der Waals surface area contributed by atoms with Gasteiger partial charge in [0.05, 0.1) is 25.4 Å². The molecule has 0 amide bonds. The number of rotatable bonds is 10. The average Bonchev–Trinajstić information content (AvgIpc) is 3.07. The third-order valence-electron chi connectivity index (χ3n) is 3.04. The number of hydrogen-bond acceptors (Lipinski definition) is 11. The second kappa shape index (κ2) is 9.43. The number of aliphatic hydroxyl groups excluding tert-OH is 1. The Labute approximate surface area is 155 Å². The maximum atomic E-state index is 10.7. The smallest absolute Gasteiger partial charge is 0.400 e. The second-order valence-electron chi connectivity index (χ2n) is 5.64. The van der Waals surface area contributed by atoms with Crippen LogP contribution < -0.4 is 15.6 Å². The first-order valence-electron chi connectivity index (χ1n) is 8.36. The van der Waals surface area contributed by atoms with Gasteiger partial charge in [-0.3, -0.25) is 10.1 Å². The van der Waals surface area contributed by atoms with Crippen molar-refractivity contribution in [1.82, 2.24) is 15.0 Å². The largest absolute Gasteiger partial charge is 0.433 e. The van der Waals surface area contributed by atoms with E-state index in [4.69, 9.17) is 4.42 Å². The molecule has 2 heterocycles. The van der Waals surface area contributed by atoms with Crippen LogP contribution in [0.4, 0.5) is 23.7 Å². The van der Waals surface area contributed by atoms with E-state index in [-0.39, 0.29) is 36.8 Å². The minimum absolute atomic E-state index is 0.105. The van der Waals surface area contributed by atoms with Gasteiger partial charge in [-0.15, -0.1) is 0 Å². The van der Waals surface area contributed by atoms with Gasteiger partial charge in [-0.25, -0.2) is 5.01 Å². The third-order valence-corrected chi connectivity index (χ3v) is 3.04. The van der Waals surface area contributed by atoms with Crippen LogP contribution in [0, 0.1) is 10.1 Å². The Balaban J connectivity index is 2.31. The zero-order chi connectivity index (χ0) is 19.8. The Morgan fingerprint density at radius 1 is 1.37 bits per heavy atom. The maximum absolute atomic E-state index is 10.7. The molecule has 0 aromatic carbocycles. The predicted molar refractivity (Wildman–Crippen MR) is 100 cm³/mol. The summed E-state index contributed by atoms with van der Waals surface area (Å²) in [5, 5.41) is 31.6. The van der Waals surface area contributed by atoms with E-state index in [0.29, 0.717) is 18.4 Å². The van der Waals surface area contributed by atoms with Gasteiger partial charge in [-0.1, -0.05) is 0 Å². The lowest BCUT2D eigenvalue weighted by Gasteiger charge is -2.18. The second-order valence-corrected chi connectivity index (χ2v) is 5.64. The molecule has 0 saturated carbocycles. The number of hydrazone groups is 1. The summed E-state index contributed by atoms with van der Waals surface area (Å²) in [6.45, 7) is 6.32. The first kappa shape index (κ1) is 20.0. The molecule has 0 saturated heterocycles. The van der Waals surface area contributed by atoms with Gasteiger partial charge in [0, 0.05) is 12.6 Å². The van der Waals surface area contributed by atoms with Crippen LogP contribution in [0.2, 0.25) is 0 Å². The molecule has 0 atom stereocenters. The lowest BCUT2D eigenvalue weighted by Crippen LogP contribution is -2.25. The highest BCUT2D eigenvalue weighted by Gasteiger charge is 2.14. The molecule has 3 N–H and O–H groups in total. The summed E-state index contributed by atoms with van der Waals surface area (Å²) < 4.78 is 5.03. The van der Waals surface area contributed by atoms with Gasteiger partial charge in [-0.05, 0) is 26.8 Å². The van der Waals surface area contributed by atoms with Gasteiger partial charge < -0.3 is 20.2 Å². The lowest BCUT2D eigenvalue weighted by atomic mass is 10.4. The summed E-state index contributed by atoms with van der Waals surface area (Å²) in [5.41, 5.74) is 0. The standard InChI is InChI=1S/C15H22N8O4/c1-4-16-13-19-14(18-10(2)3)21-15(20-13)22(7-8-24)17-9-11-5-6-12(27-11)23(25)26/h5-6,9-10,24H,4,7-8H2,1-3H3,(H2,16,18,19,20,21)/b17-9+. The Bertz CT molecular complexity index is 792. The molecule has 27 heavy (non-hydrogen) atoms. The van der Waals surface area contributed by atoms with Crippen molar-refractivity contribution in [2.75, 3.05) is 35.3 Å². The number of nitrogens with zero attached hydrogens (tertiary/aromatic N) is 6. The highest BCUT2D eigenvalue weighted by atomic mass is 16.6. The molecule has 0 aliphatic heterocycles. The van der Waals surface area contributed by atoms with Crippen LogP contribution in [-0.2, 0) is 0 Å². The average molecular weight is 378 g/mol. The number of hydrogen-bond donors (Lipinski definition) is 3. The van der Waals surface area contributed by atoms with Gasteiger partial charge in [0.1, 0.15) is 4.92 Å². The highest BCUT2D eigenvalue weighted by Crippen LogP contribution is 2.16. The summed E-state index contributed by atoms with van der Waals surface area (Å²) in [6, 6.07) is 2.75. The molecule has 0 bridgehead atoms. The quantitative estimate of drug-likeness (QED) is 0.314. The van der Waals surface area contributed by atoms with Crippen molar-refractivity contribution >= 4 is 29.9 Å². The first-order chi connectivity index (χ1) is 12.9. The van der Waals surface area contributed by atoms with Gasteiger partial charge in [0.15, 0.2) is 5.76 Å². The minimum Gasteiger partial charge on any atom is -0.400 e. The summed E-state index contributed by atoms with van der Waals surface area (Å²) in [7, 11) is 0. The van der Waals surface area contributed by atoms with Gasteiger partial charge in [-0.2, -0.15) is 20.1 Å². The molecule has 0 fully saturated rings. The third kappa shape index (κ3) is 5.88. The fourth-order valence-electron chi connectivity index (χ4n) is 1.98. The van der Waals surface area contributed by atoms with Crippen molar-refractivity contribution in [1.29, 1.82) is 0 Å². The molecular weight excluding hydrogens is 356 g/mol. The lowest BCUT2D eigenvalue weighted by molar-refractivity contribution is -0.402. The normalized spacial score (nSPS) is 11.1. The molecule has 146 valence electrons. The van der Waals surface area contributed by atoms with Crippen molar-refractivity contribution in [3.63, 3.8) is 0 Å². The number of anilines is 3. The molecule has 12 heteroatoms. The van der Waals surface area contributed by atoms with E-state index in [1.54, 1.807) is 0 Å². The maximum Gasteiger partial charge on any atom is 0.433 e. The van der Waals surface area contributed by atoms with E-state index in [0.717, 1.165) is 0 Å². The highest BCUT2D eigenvalue weighted by molar-refractivity contribution is 5.77. The van der Waals surface area contributed by atoms with Crippen molar-refractivity contribution in [2.24, 2.45) is 5.10 Å². The Morgan fingerprint density at radius 3 is 2.70 bits per heavy atom. The van der Waals surface area contributed by atoms with Crippen LogP contribution >= 0.6 is 0 Å². The Kier molecular flexibility index (Phi) is 7.00. The number of aromatic nitrogens is 3. The molecule has 0 spiro atoms. The molecule has 2 rings (SSSR count). The molecule has 2 aromatic rings. The topological polar surface area (TPSA) is 155 Å². The minimum atomic E-state index is -0.638. The van der Waals surface area contributed by atoms with Gasteiger partial charge in [0.25, 0.3) is 5.95 Å². The first-order valence-corrected chi connectivity index (χ1v) is 8.36. The van der Waals surface area contributed by atoms with Crippen LogP contribution in [-0.4, -0.2) is 56.9 Å². The summed E-state index contributed by atoms with van der Waals surface area (Å²) in [4.78, 5) is 22.9. The van der Waals surface area contributed by atoms with Gasteiger partial charge in [0.2, 0.25) is 11.9 Å². The van der Waals surface area contributed by atoms with Crippen molar-refractivity contribution in [2.45, 2.75) is 26.8 Å². The number of nitrogens with one attached hydrogen (secondary N) is 2. The molecule has 0 aliphatic carbocycles. The summed E-state index contributed by atoms with van der Waals surface area (Å²) in [6.07, 6.45) is 1.29. The van der Waals surface area contributed by atoms with E-state index in [9.17, 15) is 15.2 Å². The van der Waals surface area contributed by atoms with Crippen molar-refractivity contribution in [3.05, 3.63) is 28.0 Å². The van der Waals surface area contributed by atoms with Crippen LogP contribution in [0.15, 0.2) is 21.7 Å². The predicted octanol–water partition coefficient (Wildman–Crippen LogP) is 1.46. The van der Waals surface area contributed by atoms with E-state index < -0.39 is 4.92 Å². The fraction of sp³-hybridized carbons (Fsp3) is 0.467. The van der Waals surface area contributed by atoms with Crippen LogP contribution in [0.3, 0.4) is 0 Å².